The molecule has 5 rings (SSSR count). The average Bonchev–Trinajstić information content (AvgIpc) is 2.92. The molecule has 1 aromatic heterocycles. The summed E-state index contributed by atoms with van der Waals surface area (Å²) in [4.78, 5) is 26.4. The van der Waals surface area contributed by atoms with Gasteiger partial charge in [-0.25, -0.2) is 4.98 Å². The van der Waals surface area contributed by atoms with E-state index in [-0.39, 0.29) is 5.92 Å². The van der Waals surface area contributed by atoms with Gasteiger partial charge in [-0.1, -0.05) is 24.3 Å². The Hall–Kier alpha value is -2.43. The normalized spacial score (nSPS) is 27.2. The van der Waals surface area contributed by atoms with E-state index in [0.29, 0.717) is 17.7 Å². The number of hydrogen-bond acceptors (Lipinski definition) is 4. The van der Waals surface area contributed by atoms with Gasteiger partial charge in [-0.2, -0.15) is 0 Å². The standard InChI is InChI=1S/C22H26N4O/c27-22(26-10-3-6-16-4-1-2-5-18(16)14-26)19-12-17-7-11-25(15-20(17)19)21-13-23-8-9-24-21/h1-2,4-5,8-9,13,17,19-20H,3,6-7,10-12,14-15H2/t17-,19-,20-/m1/s1. The van der Waals surface area contributed by atoms with Crippen molar-refractivity contribution in [3.63, 3.8) is 0 Å². The van der Waals surface area contributed by atoms with Gasteiger partial charge in [-0.15, -0.1) is 0 Å². The topological polar surface area (TPSA) is 49.3 Å². The van der Waals surface area contributed by atoms with Gasteiger partial charge in [0, 0.05) is 44.5 Å². The van der Waals surface area contributed by atoms with E-state index < -0.39 is 0 Å². The van der Waals surface area contributed by atoms with Gasteiger partial charge in [0.1, 0.15) is 5.82 Å². The van der Waals surface area contributed by atoms with Gasteiger partial charge >= 0.3 is 0 Å². The van der Waals surface area contributed by atoms with Gasteiger partial charge < -0.3 is 9.80 Å². The minimum Gasteiger partial charge on any atom is -0.355 e. The summed E-state index contributed by atoms with van der Waals surface area (Å²) in [5.41, 5.74) is 2.73. The van der Waals surface area contributed by atoms with Crippen molar-refractivity contribution in [2.45, 2.75) is 32.2 Å². The lowest BCUT2D eigenvalue weighted by Crippen LogP contribution is -2.55. The highest BCUT2D eigenvalue weighted by Gasteiger charge is 2.49. The van der Waals surface area contributed by atoms with E-state index in [0.717, 1.165) is 57.7 Å². The molecule has 1 aliphatic carbocycles. The Morgan fingerprint density at radius 1 is 1.11 bits per heavy atom. The highest BCUT2D eigenvalue weighted by Crippen LogP contribution is 2.47. The number of anilines is 1. The van der Waals surface area contributed by atoms with E-state index in [4.69, 9.17) is 0 Å². The van der Waals surface area contributed by atoms with Gasteiger partial charge in [0.15, 0.2) is 0 Å². The first-order valence-corrected chi connectivity index (χ1v) is 10.2. The number of fused-ring (bicyclic) bond motifs is 2. The van der Waals surface area contributed by atoms with Crippen LogP contribution in [0.1, 0.15) is 30.4 Å². The summed E-state index contributed by atoms with van der Waals surface area (Å²) in [7, 11) is 0. The zero-order valence-electron chi connectivity index (χ0n) is 15.6. The van der Waals surface area contributed by atoms with Crippen LogP contribution in [0.15, 0.2) is 42.9 Å². The number of rotatable bonds is 2. The summed E-state index contributed by atoms with van der Waals surface area (Å²) in [5.74, 6) is 2.66. The molecule has 140 valence electrons. The largest absolute Gasteiger partial charge is 0.355 e. The van der Waals surface area contributed by atoms with E-state index in [9.17, 15) is 4.79 Å². The van der Waals surface area contributed by atoms with Gasteiger partial charge in [0.2, 0.25) is 5.91 Å². The summed E-state index contributed by atoms with van der Waals surface area (Å²) in [6.07, 6.45) is 9.67. The fourth-order valence-electron chi connectivity index (χ4n) is 5.15. The van der Waals surface area contributed by atoms with Crippen LogP contribution in [-0.2, 0) is 17.8 Å². The predicted octanol–water partition coefficient (Wildman–Crippen LogP) is 2.91. The zero-order valence-corrected chi connectivity index (χ0v) is 15.6. The first-order valence-electron chi connectivity index (χ1n) is 10.2. The van der Waals surface area contributed by atoms with E-state index in [1.807, 2.05) is 6.20 Å². The Kier molecular flexibility index (Phi) is 4.30. The Morgan fingerprint density at radius 3 is 2.85 bits per heavy atom. The molecule has 3 aliphatic rings. The second-order valence-corrected chi connectivity index (χ2v) is 8.20. The first kappa shape index (κ1) is 16.7. The average molecular weight is 362 g/mol. The number of carbonyl (C=O) groups is 1. The summed E-state index contributed by atoms with van der Waals surface area (Å²) < 4.78 is 0. The number of piperidine rings is 1. The van der Waals surface area contributed by atoms with E-state index in [1.165, 1.54) is 11.1 Å². The van der Waals surface area contributed by atoms with Crippen molar-refractivity contribution in [2.24, 2.45) is 17.8 Å². The maximum Gasteiger partial charge on any atom is 0.226 e. The van der Waals surface area contributed by atoms with Crippen LogP contribution in [0.25, 0.3) is 0 Å². The van der Waals surface area contributed by atoms with Crippen LogP contribution in [0.5, 0.6) is 0 Å². The molecule has 3 heterocycles. The van der Waals surface area contributed by atoms with Crippen molar-refractivity contribution in [1.29, 1.82) is 0 Å². The number of carbonyl (C=O) groups excluding carboxylic acids is 1. The highest BCUT2D eigenvalue weighted by atomic mass is 16.2. The highest BCUT2D eigenvalue weighted by molar-refractivity contribution is 5.80. The Bertz CT molecular complexity index is 824. The number of nitrogens with zero attached hydrogens (tertiary/aromatic N) is 4. The number of hydrogen-bond donors (Lipinski definition) is 0. The van der Waals surface area contributed by atoms with Crippen LogP contribution in [0, 0.1) is 17.8 Å². The lowest BCUT2D eigenvalue weighted by molar-refractivity contribution is -0.145. The molecule has 0 bridgehead atoms. The summed E-state index contributed by atoms with van der Waals surface area (Å²) in [5, 5.41) is 0. The van der Waals surface area contributed by atoms with Crippen LogP contribution in [0.4, 0.5) is 5.82 Å². The first-order chi connectivity index (χ1) is 13.3. The smallest absolute Gasteiger partial charge is 0.226 e. The molecule has 3 atom stereocenters. The molecule has 1 amide bonds. The van der Waals surface area contributed by atoms with Crippen molar-refractivity contribution in [3.8, 4) is 0 Å². The third-order valence-electron chi connectivity index (χ3n) is 6.74. The quantitative estimate of drug-likeness (QED) is 0.824. The molecule has 1 aromatic carbocycles. The number of aryl methyl sites for hydroxylation is 1. The van der Waals surface area contributed by atoms with Crippen LogP contribution >= 0.6 is 0 Å². The molecule has 2 fully saturated rings. The molecule has 0 unspecified atom stereocenters. The third kappa shape index (κ3) is 3.09. The van der Waals surface area contributed by atoms with Crippen LogP contribution in [-0.4, -0.2) is 40.4 Å². The lowest BCUT2D eigenvalue weighted by Gasteiger charge is -2.51. The second kappa shape index (κ2) is 6.95. The van der Waals surface area contributed by atoms with Crippen LogP contribution in [0.2, 0.25) is 0 Å². The summed E-state index contributed by atoms with van der Waals surface area (Å²) in [6.45, 7) is 3.62. The van der Waals surface area contributed by atoms with E-state index >= 15 is 0 Å². The molecule has 0 N–H and O–H groups in total. The fraction of sp³-hybridized carbons (Fsp3) is 0.500. The SMILES string of the molecule is O=C([C@@H]1C[C@H]2CCN(c3cnccn3)C[C@H]21)N1CCCc2ccccc2C1. The van der Waals surface area contributed by atoms with Crippen molar-refractivity contribution in [2.75, 3.05) is 24.5 Å². The molecule has 0 spiro atoms. The Morgan fingerprint density at radius 2 is 2.00 bits per heavy atom. The van der Waals surface area contributed by atoms with Crippen molar-refractivity contribution >= 4 is 11.7 Å². The van der Waals surface area contributed by atoms with Crippen LogP contribution in [0.3, 0.4) is 0 Å². The second-order valence-electron chi connectivity index (χ2n) is 8.20. The number of benzene rings is 1. The summed E-state index contributed by atoms with van der Waals surface area (Å²) >= 11 is 0. The van der Waals surface area contributed by atoms with Crippen molar-refractivity contribution in [3.05, 3.63) is 54.0 Å². The number of aromatic nitrogens is 2. The molecular weight excluding hydrogens is 336 g/mol. The Labute approximate surface area is 160 Å². The molecule has 0 radical (unpaired) electrons. The lowest BCUT2D eigenvalue weighted by atomic mass is 9.61. The molecule has 2 aromatic rings. The molecule has 27 heavy (non-hydrogen) atoms. The third-order valence-corrected chi connectivity index (χ3v) is 6.74. The van der Waals surface area contributed by atoms with Gasteiger partial charge in [0.25, 0.3) is 0 Å². The van der Waals surface area contributed by atoms with Gasteiger partial charge in [0.05, 0.1) is 6.20 Å². The molecule has 1 saturated carbocycles. The monoisotopic (exact) mass is 362 g/mol. The Balaban J connectivity index is 1.29. The van der Waals surface area contributed by atoms with Crippen LogP contribution < -0.4 is 4.90 Å². The fourth-order valence-corrected chi connectivity index (χ4v) is 5.15. The minimum atomic E-state index is 0.180. The molecule has 5 nitrogen and oxygen atoms in total. The molecule has 1 saturated heterocycles. The van der Waals surface area contributed by atoms with E-state index in [1.54, 1.807) is 12.4 Å². The van der Waals surface area contributed by atoms with Crippen molar-refractivity contribution in [1.82, 2.24) is 14.9 Å². The number of amides is 1. The zero-order chi connectivity index (χ0) is 18.2. The van der Waals surface area contributed by atoms with E-state index in [2.05, 4.69) is 44.0 Å². The maximum atomic E-state index is 13.3. The molecule has 5 heteroatoms. The summed E-state index contributed by atoms with van der Waals surface area (Å²) in [6, 6.07) is 8.59. The van der Waals surface area contributed by atoms with Crippen molar-refractivity contribution < 1.29 is 4.79 Å². The van der Waals surface area contributed by atoms with Gasteiger partial charge in [-0.3, -0.25) is 9.78 Å². The minimum absolute atomic E-state index is 0.180. The molecule has 2 aliphatic heterocycles. The maximum absolute atomic E-state index is 13.3. The predicted molar refractivity (Wildman–Crippen MR) is 104 cm³/mol. The molecular formula is C22H26N4O. The van der Waals surface area contributed by atoms with Gasteiger partial charge in [-0.05, 0) is 48.6 Å².